The highest BCUT2D eigenvalue weighted by molar-refractivity contribution is 6.03. The Morgan fingerprint density at radius 2 is 2.00 bits per heavy atom. The van der Waals surface area contributed by atoms with Crippen LogP contribution in [0.4, 0.5) is 4.79 Å². The average molecular weight is 399 g/mol. The number of carbonyl (C=O) groups is 2. The molecule has 156 valence electrons. The van der Waals surface area contributed by atoms with Crippen LogP contribution in [-0.4, -0.2) is 49.2 Å². The number of nitrogens with zero attached hydrogens (tertiary/aromatic N) is 1. The number of fused-ring (bicyclic) bond motifs is 1. The predicted octanol–water partition coefficient (Wildman–Crippen LogP) is 4.05. The summed E-state index contributed by atoms with van der Waals surface area (Å²) in [6, 6.07) is 3.49. The van der Waals surface area contributed by atoms with E-state index in [4.69, 9.17) is 14.2 Å². The lowest BCUT2D eigenvalue weighted by Gasteiger charge is -2.33. The predicted molar refractivity (Wildman–Crippen MR) is 109 cm³/mol. The topological polar surface area (TPSA) is 65.1 Å². The van der Waals surface area contributed by atoms with Crippen LogP contribution in [0.5, 0.6) is 11.5 Å². The van der Waals surface area contributed by atoms with Gasteiger partial charge in [-0.3, -0.25) is 4.79 Å². The van der Waals surface area contributed by atoms with E-state index in [9.17, 15) is 9.59 Å². The summed E-state index contributed by atoms with van der Waals surface area (Å²) in [6.07, 6.45) is 3.42. The van der Waals surface area contributed by atoms with Crippen molar-refractivity contribution >= 4 is 11.9 Å². The van der Waals surface area contributed by atoms with E-state index in [1.165, 1.54) is 0 Å². The van der Waals surface area contributed by atoms with Gasteiger partial charge in [0.15, 0.2) is 6.61 Å². The molecule has 1 amide bonds. The van der Waals surface area contributed by atoms with Gasteiger partial charge in [0.2, 0.25) is 5.78 Å². The van der Waals surface area contributed by atoms with E-state index >= 15 is 0 Å². The van der Waals surface area contributed by atoms with Gasteiger partial charge in [-0.25, -0.2) is 4.79 Å². The zero-order valence-electron chi connectivity index (χ0n) is 17.7. The number of rotatable bonds is 3. The Morgan fingerprint density at radius 3 is 2.66 bits per heavy atom. The quantitative estimate of drug-likeness (QED) is 0.718. The van der Waals surface area contributed by atoms with Crippen molar-refractivity contribution in [2.45, 2.75) is 52.1 Å². The number of ether oxygens (including phenoxy) is 3. The lowest BCUT2D eigenvalue weighted by atomic mass is 9.92. The molecule has 0 bridgehead atoms. The Bertz CT molecular complexity index is 835. The molecule has 29 heavy (non-hydrogen) atoms. The number of methoxy groups -OCH3 is 1. The molecule has 1 saturated heterocycles. The van der Waals surface area contributed by atoms with Crippen molar-refractivity contribution < 1.29 is 23.8 Å². The second-order valence-corrected chi connectivity index (χ2v) is 8.48. The zero-order chi connectivity index (χ0) is 21.0. The van der Waals surface area contributed by atoms with E-state index < -0.39 is 5.60 Å². The molecule has 1 aromatic carbocycles. The van der Waals surface area contributed by atoms with Crippen LogP contribution in [-0.2, 0) is 4.74 Å². The normalized spacial score (nSPS) is 16.6. The molecule has 0 radical (unpaired) electrons. The number of likely N-dealkylation sites (tertiary alicyclic amines) is 1. The molecule has 2 aliphatic heterocycles. The summed E-state index contributed by atoms with van der Waals surface area (Å²) < 4.78 is 16.3. The van der Waals surface area contributed by atoms with Gasteiger partial charge in [-0.1, -0.05) is 11.8 Å². The molecule has 0 saturated carbocycles. The number of piperidine rings is 1. The first-order chi connectivity index (χ1) is 13.8. The Kier molecular flexibility index (Phi) is 6.36. The van der Waals surface area contributed by atoms with Crippen LogP contribution >= 0.6 is 0 Å². The smallest absolute Gasteiger partial charge is 0.410 e. The van der Waals surface area contributed by atoms with E-state index in [2.05, 4.69) is 11.8 Å². The number of benzene rings is 1. The molecule has 0 unspecified atom stereocenters. The van der Waals surface area contributed by atoms with Gasteiger partial charge in [-0.15, -0.1) is 0 Å². The first-order valence-electron chi connectivity index (χ1n) is 10.1. The van der Waals surface area contributed by atoms with Gasteiger partial charge in [0.1, 0.15) is 22.7 Å². The van der Waals surface area contributed by atoms with Gasteiger partial charge in [-0.05, 0) is 58.1 Å². The van der Waals surface area contributed by atoms with E-state index in [-0.39, 0.29) is 18.5 Å². The number of hydrogen-bond donors (Lipinski definition) is 0. The van der Waals surface area contributed by atoms with Gasteiger partial charge in [-0.2, -0.15) is 0 Å². The minimum absolute atomic E-state index is 0.0255. The Labute approximate surface area is 172 Å². The van der Waals surface area contributed by atoms with Crippen LogP contribution in [0, 0.1) is 17.8 Å². The van der Waals surface area contributed by atoms with Gasteiger partial charge in [0.05, 0.1) is 12.7 Å². The lowest BCUT2D eigenvalue weighted by Crippen LogP contribution is -2.41. The van der Waals surface area contributed by atoms with Crippen molar-refractivity contribution in [2.24, 2.45) is 5.92 Å². The highest BCUT2D eigenvalue weighted by atomic mass is 16.6. The van der Waals surface area contributed by atoms with Gasteiger partial charge in [0.25, 0.3) is 0 Å². The Hall–Kier alpha value is -2.68. The largest absolute Gasteiger partial charge is 0.495 e. The third kappa shape index (κ3) is 5.23. The van der Waals surface area contributed by atoms with Crippen molar-refractivity contribution in [3.63, 3.8) is 0 Å². The van der Waals surface area contributed by atoms with Crippen LogP contribution in [0.15, 0.2) is 12.1 Å². The number of hydrogen-bond acceptors (Lipinski definition) is 5. The minimum Gasteiger partial charge on any atom is -0.495 e. The molecular formula is C23H29NO5. The SMILES string of the molecule is COc1ccc2c(c1C#CCCC1CCN(C(=O)OC(C)(C)C)CC1)OCC2=O. The van der Waals surface area contributed by atoms with Crippen LogP contribution in [0.3, 0.4) is 0 Å². The fourth-order valence-electron chi connectivity index (χ4n) is 3.60. The maximum absolute atomic E-state index is 12.1. The van der Waals surface area contributed by atoms with E-state index in [1.54, 1.807) is 24.1 Å². The molecule has 6 heteroatoms. The molecule has 0 N–H and O–H groups in total. The number of ketones is 1. The van der Waals surface area contributed by atoms with Crippen molar-refractivity contribution in [3.8, 4) is 23.3 Å². The standard InChI is InChI=1S/C23H29NO5/c1-23(2,3)29-22(26)24-13-11-16(12-14-24)7-5-6-8-18-20(27-4)10-9-17-19(25)15-28-21(17)18/h9-10,16H,5,7,11-15H2,1-4H3. The number of amides is 1. The highest BCUT2D eigenvalue weighted by Crippen LogP contribution is 2.35. The summed E-state index contributed by atoms with van der Waals surface area (Å²) in [5.74, 6) is 8.02. The second kappa shape index (κ2) is 8.77. The maximum Gasteiger partial charge on any atom is 0.410 e. The summed E-state index contributed by atoms with van der Waals surface area (Å²) in [6.45, 7) is 7.16. The van der Waals surface area contributed by atoms with E-state index in [1.807, 2.05) is 20.8 Å². The summed E-state index contributed by atoms with van der Waals surface area (Å²) in [4.78, 5) is 25.8. The van der Waals surface area contributed by atoms with Gasteiger partial charge in [0, 0.05) is 19.5 Å². The van der Waals surface area contributed by atoms with Crippen molar-refractivity contribution in [3.05, 3.63) is 23.3 Å². The van der Waals surface area contributed by atoms with Gasteiger partial charge < -0.3 is 19.1 Å². The molecule has 0 spiro atoms. The zero-order valence-corrected chi connectivity index (χ0v) is 17.7. The third-order valence-electron chi connectivity index (χ3n) is 5.14. The van der Waals surface area contributed by atoms with E-state index in [0.717, 1.165) is 38.8 Å². The second-order valence-electron chi connectivity index (χ2n) is 8.48. The van der Waals surface area contributed by atoms with E-state index in [0.29, 0.717) is 28.5 Å². The molecule has 2 heterocycles. The van der Waals surface area contributed by atoms with Crippen LogP contribution in [0.1, 0.15) is 62.4 Å². The van der Waals surface area contributed by atoms with Crippen LogP contribution in [0.25, 0.3) is 0 Å². The Balaban J connectivity index is 1.52. The van der Waals surface area contributed by atoms with Crippen molar-refractivity contribution in [1.29, 1.82) is 0 Å². The van der Waals surface area contributed by atoms with Crippen molar-refractivity contribution in [2.75, 3.05) is 26.8 Å². The molecular weight excluding hydrogens is 370 g/mol. The van der Waals surface area contributed by atoms with Crippen molar-refractivity contribution in [1.82, 2.24) is 4.90 Å². The average Bonchev–Trinajstić information content (AvgIpc) is 3.05. The lowest BCUT2D eigenvalue weighted by molar-refractivity contribution is 0.0181. The monoisotopic (exact) mass is 399 g/mol. The summed E-state index contributed by atoms with van der Waals surface area (Å²) in [7, 11) is 1.59. The number of Topliss-reactive ketones (excluding diaryl/α,β-unsaturated/α-hetero) is 1. The molecule has 0 aliphatic carbocycles. The fraction of sp³-hybridized carbons (Fsp3) is 0.565. The molecule has 1 fully saturated rings. The van der Waals surface area contributed by atoms with Crippen LogP contribution < -0.4 is 9.47 Å². The minimum atomic E-state index is -0.462. The first kappa shape index (κ1) is 21.0. The summed E-state index contributed by atoms with van der Waals surface area (Å²) in [5, 5.41) is 0. The summed E-state index contributed by atoms with van der Waals surface area (Å²) >= 11 is 0. The maximum atomic E-state index is 12.1. The first-order valence-corrected chi connectivity index (χ1v) is 10.1. The third-order valence-corrected chi connectivity index (χ3v) is 5.14. The van der Waals surface area contributed by atoms with Crippen LogP contribution in [0.2, 0.25) is 0 Å². The van der Waals surface area contributed by atoms with Gasteiger partial charge >= 0.3 is 6.09 Å². The fourth-order valence-corrected chi connectivity index (χ4v) is 3.60. The molecule has 6 nitrogen and oxygen atoms in total. The molecule has 0 atom stereocenters. The molecule has 0 aromatic heterocycles. The molecule has 1 aromatic rings. The number of carbonyl (C=O) groups excluding carboxylic acids is 2. The Morgan fingerprint density at radius 1 is 1.28 bits per heavy atom. The highest BCUT2D eigenvalue weighted by Gasteiger charge is 2.27. The molecule has 3 rings (SSSR count). The molecule has 2 aliphatic rings. The summed E-state index contributed by atoms with van der Waals surface area (Å²) in [5.41, 5.74) is 0.761.